The summed E-state index contributed by atoms with van der Waals surface area (Å²) in [5, 5.41) is 30.3. The molecule has 1 aromatic carbocycles. The first-order valence-electron chi connectivity index (χ1n) is 6.10. The molecular formula is C14H18N2O3. The minimum absolute atomic E-state index is 0.374. The van der Waals surface area contributed by atoms with Crippen LogP contribution in [0.4, 0.5) is 0 Å². The molecule has 1 aromatic rings. The average molecular weight is 262 g/mol. The van der Waals surface area contributed by atoms with Crippen LogP contribution in [0, 0.1) is 11.3 Å². The number of nitrogens with one attached hydrogen (secondary N) is 1. The number of amides is 1. The first kappa shape index (κ1) is 15.2. The van der Waals surface area contributed by atoms with Crippen LogP contribution in [-0.4, -0.2) is 34.9 Å². The summed E-state index contributed by atoms with van der Waals surface area (Å²) in [5.41, 5.74) is -0.496. The van der Waals surface area contributed by atoms with Crippen molar-refractivity contribution in [2.45, 2.75) is 24.8 Å². The van der Waals surface area contributed by atoms with Crippen molar-refractivity contribution in [3.63, 3.8) is 0 Å². The fraction of sp³-hybridized carbons (Fsp3) is 0.429. The fourth-order valence-corrected chi connectivity index (χ4v) is 1.70. The van der Waals surface area contributed by atoms with Crippen LogP contribution >= 0.6 is 0 Å². The van der Waals surface area contributed by atoms with E-state index >= 15 is 0 Å². The van der Waals surface area contributed by atoms with E-state index in [0.717, 1.165) is 0 Å². The summed E-state index contributed by atoms with van der Waals surface area (Å²) in [6.07, 6.45) is 0.374. The van der Waals surface area contributed by atoms with E-state index in [9.17, 15) is 15.0 Å². The number of benzene rings is 1. The predicted molar refractivity (Wildman–Crippen MR) is 70.1 cm³/mol. The van der Waals surface area contributed by atoms with E-state index in [4.69, 9.17) is 5.26 Å². The van der Waals surface area contributed by atoms with Crippen LogP contribution in [0.25, 0.3) is 0 Å². The standard InChI is InChI=1S/C14H18N2O3/c1-2-14(9-17,10-18)16-13(19)12(8-15)11-6-4-3-5-7-11/h3-7,12,17-18H,2,9-10H2,1H3,(H,16,19). The summed E-state index contributed by atoms with van der Waals surface area (Å²) in [6.45, 7) is 0.994. The first-order valence-corrected chi connectivity index (χ1v) is 6.10. The van der Waals surface area contributed by atoms with Crippen molar-refractivity contribution in [3.05, 3.63) is 35.9 Å². The highest BCUT2D eigenvalue weighted by molar-refractivity contribution is 5.87. The lowest BCUT2D eigenvalue weighted by Gasteiger charge is -2.30. The summed E-state index contributed by atoms with van der Waals surface area (Å²) in [4.78, 5) is 12.1. The van der Waals surface area contributed by atoms with Gasteiger partial charge in [0, 0.05) is 0 Å². The Balaban J connectivity index is 2.90. The minimum Gasteiger partial charge on any atom is -0.394 e. The summed E-state index contributed by atoms with van der Waals surface area (Å²) in [5.74, 6) is -1.47. The molecule has 0 fully saturated rings. The van der Waals surface area contributed by atoms with Gasteiger partial charge in [0.1, 0.15) is 5.92 Å². The minimum atomic E-state index is -1.08. The molecule has 5 nitrogen and oxygen atoms in total. The van der Waals surface area contributed by atoms with Crippen molar-refractivity contribution in [3.8, 4) is 6.07 Å². The quantitative estimate of drug-likeness (QED) is 0.697. The van der Waals surface area contributed by atoms with Crippen LogP contribution in [0.3, 0.4) is 0 Å². The number of carbonyl (C=O) groups excluding carboxylic acids is 1. The molecule has 0 radical (unpaired) electrons. The molecule has 102 valence electrons. The lowest BCUT2D eigenvalue weighted by Crippen LogP contribution is -2.54. The summed E-state index contributed by atoms with van der Waals surface area (Å²) in [7, 11) is 0. The maximum atomic E-state index is 12.1. The highest BCUT2D eigenvalue weighted by atomic mass is 16.3. The number of hydrogen-bond donors (Lipinski definition) is 3. The molecule has 1 rings (SSSR count). The fourth-order valence-electron chi connectivity index (χ4n) is 1.70. The smallest absolute Gasteiger partial charge is 0.242 e. The Hall–Kier alpha value is -1.90. The number of nitriles is 1. The van der Waals surface area contributed by atoms with Crippen LogP contribution in [0.1, 0.15) is 24.8 Å². The molecule has 19 heavy (non-hydrogen) atoms. The third-order valence-corrected chi connectivity index (χ3v) is 3.19. The van der Waals surface area contributed by atoms with Gasteiger partial charge in [0.2, 0.25) is 5.91 Å². The molecule has 0 aliphatic heterocycles. The first-order chi connectivity index (χ1) is 9.12. The average Bonchev–Trinajstić information content (AvgIpc) is 2.47. The van der Waals surface area contributed by atoms with Gasteiger partial charge in [-0.1, -0.05) is 37.3 Å². The van der Waals surface area contributed by atoms with Gasteiger partial charge in [0.25, 0.3) is 0 Å². The monoisotopic (exact) mass is 262 g/mol. The van der Waals surface area contributed by atoms with Crippen LogP contribution in [0.15, 0.2) is 30.3 Å². The van der Waals surface area contributed by atoms with Gasteiger partial charge >= 0.3 is 0 Å². The molecule has 1 atom stereocenters. The van der Waals surface area contributed by atoms with E-state index in [1.807, 2.05) is 6.07 Å². The summed E-state index contributed by atoms with van der Waals surface area (Å²) >= 11 is 0. The third kappa shape index (κ3) is 3.53. The second-order valence-corrected chi connectivity index (χ2v) is 4.41. The van der Waals surface area contributed by atoms with Crippen molar-refractivity contribution < 1.29 is 15.0 Å². The Morgan fingerprint density at radius 3 is 2.37 bits per heavy atom. The van der Waals surface area contributed by atoms with E-state index in [1.54, 1.807) is 37.3 Å². The molecule has 1 unspecified atom stereocenters. The number of aliphatic hydroxyl groups is 2. The Bertz CT molecular complexity index is 441. The zero-order valence-corrected chi connectivity index (χ0v) is 10.8. The Kier molecular flexibility index (Phi) is 5.49. The molecule has 0 heterocycles. The second kappa shape index (κ2) is 6.88. The molecule has 1 amide bonds. The van der Waals surface area contributed by atoms with E-state index in [2.05, 4.69) is 5.32 Å². The highest BCUT2D eigenvalue weighted by Crippen LogP contribution is 2.17. The van der Waals surface area contributed by atoms with Crippen LogP contribution in [-0.2, 0) is 4.79 Å². The Labute approximate surface area is 112 Å². The van der Waals surface area contributed by atoms with Crippen LogP contribution in [0.2, 0.25) is 0 Å². The SMILES string of the molecule is CCC(CO)(CO)NC(=O)C(C#N)c1ccccc1. The Morgan fingerprint density at radius 2 is 1.95 bits per heavy atom. The number of aliphatic hydroxyl groups excluding tert-OH is 2. The largest absolute Gasteiger partial charge is 0.394 e. The van der Waals surface area contributed by atoms with Gasteiger partial charge in [-0.25, -0.2) is 0 Å². The molecule has 0 bridgehead atoms. The molecule has 0 aromatic heterocycles. The zero-order chi connectivity index (χ0) is 14.3. The Morgan fingerprint density at radius 1 is 1.37 bits per heavy atom. The number of rotatable bonds is 6. The molecule has 0 spiro atoms. The summed E-state index contributed by atoms with van der Waals surface area (Å²) in [6, 6.07) is 10.6. The van der Waals surface area contributed by atoms with Gasteiger partial charge in [-0.3, -0.25) is 4.79 Å². The zero-order valence-electron chi connectivity index (χ0n) is 10.8. The topological polar surface area (TPSA) is 93.3 Å². The van der Waals surface area contributed by atoms with E-state index in [0.29, 0.717) is 12.0 Å². The van der Waals surface area contributed by atoms with Crippen LogP contribution in [0.5, 0.6) is 0 Å². The predicted octanol–water partition coefficient (Wildman–Crippen LogP) is 0.543. The lowest BCUT2D eigenvalue weighted by atomic mass is 9.94. The van der Waals surface area contributed by atoms with Gasteiger partial charge < -0.3 is 15.5 Å². The number of hydrogen-bond acceptors (Lipinski definition) is 4. The van der Waals surface area contributed by atoms with Gasteiger partial charge in [-0.15, -0.1) is 0 Å². The maximum absolute atomic E-state index is 12.1. The van der Waals surface area contributed by atoms with Gasteiger partial charge in [0.05, 0.1) is 24.8 Å². The van der Waals surface area contributed by atoms with Crippen molar-refractivity contribution in [2.24, 2.45) is 0 Å². The van der Waals surface area contributed by atoms with E-state index in [1.165, 1.54) is 0 Å². The van der Waals surface area contributed by atoms with Crippen LogP contribution < -0.4 is 5.32 Å². The molecule has 0 saturated heterocycles. The van der Waals surface area contributed by atoms with Gasteiger partial charge in [-0.2, -0.15) is 5.26 Å². The molecule has 0 aliphatic carbocycles. The van der Waals surface area contributed by atoms with Crippen molar-refractivity contribution in [1.29, 1.82) is 5.26 Å². The molecule has 3 N–H and O–H groups in total. The highest BCUT2D eigenvalue weighted by Gasteiger charge is 2.32. The normalized spacial score (nSPS) is 12.5. The number of carbonyl (C=O) groups is 1. The van der Waals surface area contributed by atoms with E-state index < -0.39 is 17.4 Å². The van der Waals surface area contributed by atoms with Gasteiger partial charge in [0.15, 0.2) is 0 Å². The molecule has 5 heteroatoms. The summed E-state index contributed by atoms with van der Waals surface area (Å²) < 4.78 is 0. The second-order valence-electron chi connectivity index (χ2n) is 4.41. The van der Waals surface area contributed by atoms with Crippen molar-refractivity contribution in [1.82, 2.24) is 5.32 Å². The van der Waals surface area contributed by atoms with Crippen molar-refractivity contribution >= 4 is 5.91 Å². The number of nitrogens with zero attached hydrogens (tertiary/aromatic N) is 1. The van der Waals surface area contributed by atoms with Crippen molar-refractivity contribution in [2.75, 3.05) is 13.2 Å². The molecule has 0 saturated carbocycles. The van der Waals surface area contributed by atoms with Gasteiger partial charge in [-0.05, 0) is 12.0 Å². The molecule has 0 aliphatic rings. The molecular weight excluding hydrogens is 244 g/mol. The van der Waals surface area contributed by atoms with E-state index in [-0.39, 0.29) is 13.2 Å². The maximum Gasteiger partial charge on any atom is 0.242 e. The third-order valence-electron chi connectivity index (χ3n) is 3.19. The lowest BCUT2D eigenvalue weighted by molar-refractivity contribution is -0.124.